The van der Waals surface area contributed by atoms with E-state index in [4.69, 9.17) is 9.84 Å². The van der Waals surface area contributed by atoms with Crippen molar-refractivity contribution in [2.24, 2.45) is 0 Å². The van der Waals surface area contributed by atoms with Crippen LogP contribution in [0.15, 0.2) is 48.5 Å². The summed E-state index contributed by atoms with van der Waals surface area (Å²) in [4.78, 5) is 10.9. The van der Waals surface area contributed by atoms with Gasteiger partial charge < -0.3 is 15.2 Å². The summed E-state index contributed by atoms with van der Waals surface area (Å²) in [5.74, 6) is -0.0174. The third kappa shape index (κ3) is 3.44. The van der Waals surface area contributed by atoms with Crippen molar-refractivity contribution in [3.63, 3.8) is 0 Å². The Morgan fingerprint density at radius 2 is 1.71 bits per heavy atom. The Morgan fingerprint density at radius 1 is 1.08 bits per heavy atom. The molecule has 2 N–H and O–H groups in total. The van der Waals surface area contributed by atoms with Gasteiger partial charge >= 0.3 is 5.97 Å². The summed E-state index contributed by atoms with van der Waals surface area (Å²) in [6.07, 6.45) is 4.67. The lowest BCUT2D eigenvalue weighted by atomic mass is 9.87. The number of carboxylic acids is 1. The number of carbonyl (C=O) groups is 1. The van der Waals surface area contributed by atoms with Crippen LogP contribution in [-0.2, 0) is 12.1 Å². The summed E-state index contributed by atoms with van der Waals surface area (Å²) in [7, 11) is 1.68. The van der Waals surface area contributed by atoms with Gasteiger partial charge in [-0.25, -0.2) is 4.79 Å². The molecule has 126 valence electrons. The van der Waals surface area contributed by atoms with Crippen LogP contribution in [0.4, 0.5) is 0 Å². The lowest BCUT2D eigenvalue weighted by molar-refractivity contribution is 0.0697. The highest BCUT2D eigenvalue weighted by atomic mass is 16.5. The van der Waals surface area contributed by atoms with Crippen molar-refractivity contribution >= 4 is 5.97 Å². The largest absolute Gasteiger partial charge is 0.497 e. The highest BCUT2D eigenvalue weighted by Crippen LogP contribution is 2.39. The van der Waals surface area contributed by atoms with Gasteiger partial charge in [-0.2, -0.15) is 0 Å². The standard InChI is InChI=1S/C20H23NO3/c1-24-18-10-8-17(9-11-18)20(12-2-3-13-20)21-14-15-4-6-16(7-5-15)19(22)23/h4-11,21H,2-3,12-14H2,1H3,(H,22,23). The molecule has 1 fully saturated rings. The first-order chi connectivity index (χ1) is 11.6. The monoisotopic (exact) mass is 325 g/mol. The van der Waals surface area contributed by atoms with Crippen LogP contribution >= 0.6 is 0 Å². The summed E-state index contributed by atoms with van der Waals surface area (Å²) >= 11 is 0. The Morgan fingerprint density at radius 3 is 2.25 bits per heavy atom. The molecule has 4 nitrogen and oxygen atoms in total. The van der Waals surface area contributed by atoms with Gasteiger partial charge in [0.15, 0.2) is 0 Å². The molecule has 1 aliphatic carbocycles. The maximum atomic E-state index is 10.9. The maximum Gasteiger partial charge on any atom is 0.335 e. The molecule has 24 heavy (non-hydrogen) atoms. The number of aromatic carboxylic acids is 1. The van der Waals surface area contributed by atoms with Crippen molar-refractivity contribution in [3.05, 3.63) is 65.2 Å². The van der Waals surface area contributed by atoms with Gasteiger partial charge in [-0.05, 0) is 48.2 Å². The number of nitrogens with one attached hydrogen (secondary N) is 1. The number of benzene rings is 2. The van der Waals surface area contributed by atoms with Crippen molar-refractivity contribution in [2.75, 3.05) is 7.11 Å². The number of hydrogen-bond donors (Lipinski definition) is 2. The Hall–Kier alpha value is -2.33. The van der Waals surface area contributed by atoms with E-state index in [2.05, 4.69) is 17.4 Å². The average Bonchev–Trinajstić information content (AvgIpc) is 3.10. The van der Waals surface area contributed by atoms with Crippen molar-refractivity contribution in [1.29, 1.82) is 0 Å². The van der Waals surface area contributed by atoms with Gasteiger partial charge in [0.2, 0.25) is 0 Å². The minimum absolute atomic E-state index is 0.00224. The van der Waals surface area contributed by atoms with Crippen LogP contribution < -0.4 is 10.1 Å². The number of methoxy groups -OCH3 is 1. The van der Waals surface area contributed by atoms with E-state index in [1.54, 1.807) is 19.2 Å². The zero-order chi connectivity index (χ0) is 17.0. The molecule has 3 rings (SSSR count). The molecule has 0 unspecified atom stereocenters. The van der Waals surface area contributed by atoms with Gasteiger partial charge in [0, 0.05) is 12.1 Å². The van der Waals surface area contributed by atoms with Gasteiger partial charge in [0.05, 0.1) is 12.7 Å². The van der Waals surface area contributed by atoms with Crippen LogP contribution in [0.3, 0.4) is 0 Å². The van der Waals surface area contributed by atoms with Crippen LogP contribution in [0.2, 0.25) is 0 Å². The second kappa shape index (κ2) is 7.05. The Labute approximate surface area is 142 Å². The van der Waals surface area contributed by atoms with E-state index in [1.165, 1.54) is 18.4 Å². The van der Waals surface area contributed by atoms with Crippen LogP contribution in [0.5, 0.6) is 5.75 Å². The average molecular weight is 325 g/mol. The number of hydrogen-bond acceptors (Lipinski definition) is 3. The normalized spacial score (nSPS) is 16.0. The van der Waals surface area contributed by atoms with Crippen molar-refractivity contribution in [1.82, 2.24) is 5.32 Å². The maximum absolute atomic E-state index is 10.9. The van der Waals surface area contributed by atoms with Crippen LogP contribution in [0.1, 0.15) is 47.2 Å². The molecule has 0 aliphatic heterocycles. The molecule has 0 heterocycles. The van der Waals surface area contributed by atoms with E-state index in [0.717, 1.165) is 30.7 Å². The van der Waals surface area contributed by atoms with Gasteiger partial charge in [0.25, 0.3) is 0 Å². The fourth-order valence-corrected chi connectivity index (χ4v) is 3.49. The third-order valence-electron chi connectivity index (χ3n) is 4.93. The quantitative estimate of drug-likeness (QED) is 0.844. The smallest absolute Gasteiger partial charge is 0.335 e. The van der Waals surface area contributed by atoms with Crippen molar-refractivity contribution in [2.45, 2.75) is 37.8 Å². The van der Waals surface area contributed by atoms with Crippen molar-refractivity contribution < 1.29 is 14.6 Å². The van der Waals surface area contributed by atoms with E-state index in [9.17, 15) is 4.79 Å². The van der Waals surface area contributed by atoms with Gasteiger partial charge in [0.1, 0.15) is 5.75 Å². The minimum Gasteiger partial charge on any atom is -0.497 e. The summed E-state index contributed by atoms with van der Waals surface area (Å²) in [5, 5.41) is 12.7. The summed E-state index contributed by atoms with van der Waals surface area (Å²) in [6, 6.07) is 15.4. The summed E-state index contributed by atoms with van der Waals surface area (Å²) < 4.78 is 5.26. The number of carboxylic acid groups (broad SMARTS) is 1. The summed E-state index contributed by atoms with van der Waals surface area (Å²) in [6.45, 7) is 0.728. The highest BCUT2D eigenvalue weighted by Gasteiger charge is 2.34. The predicted octanol–water partition coefficient (Wildman–Crippen LogP) is 3.95. The molecule has 1 aliphatic rings. The molecular formula is C20H23NO3. The van der Waals surface area contributed by atoms with E-state index >= 15 is 0 Å². The SMILES string of the molecule is COc1ccc(C2(NCc3ccc(C(=O)O)cc3)CCCC2)cc1. The van der Waals surface area contributed by atoms with E-state index in [-0.39, 0.29) is 5.54 Å². The molecule has 2 aromatic carbocycles. The fourth-order valence-electron chi connectivity index (χ4n) is 3.49. The summed E-state index contributed by atoms with van der Waals surface area (Å²) in [5.41, 5.74) is 2.71. The predicted molar refractivity (Wildman–Crippen MR) is 93.4 cm³/mol. The zero-order valence-corrected chi connectivity index (χ0v) is 13.9. The Kier molecular flexibility index (Phi) is 4.86. The topological polar surface area (TPSA) is 58.6 Å². The zero-order valence-electron chi connectivity index (χ0n) is 13.9. The van der Waals surface area contributed by atoms with Crippen LogP contribution in [0.25, 0.3) is 0 Å². The first kappa shape index (κ1) is 16.5. The van der Waals surface area contributed by atoms with Crippen molar-refractivity contribution in [3.8, 4) is 5.75 Å². The molecule has 0 bridgehead atoms. The van der Waals surface area contributed by atoms with Crippen LogP contribution in [-0.4, -0.2) is 18.2 Å². The van der Waals surface area contributed by atoms with E-state index in [1.807, 2.05) is 24.3 Å². The fraction of sp³-hybridized carbons (Fsp3) is 0.350. The number of ether oxygens (including phenoxy) is 1. The van der Waals surface area contributed by atoms with E-state index < -0.39 is 5.97 Å². The highest BCUT2D eigenvalue weighted by molar-refractivity contribution is 5.87. The number of rotatable bonds is 6. The molecule has 4 heteroatoms. The molecule has 1 saturated carbocycles. The molecule has 0 atom stereocenters. The second-order valence-electron chi connectivity index (χ2n) is 6.37. The molecule has 2 aromatic rings. The van der Waals surface area contributed by atoms with Gasteiger partial charge in [-0.1, -0.05) is 37.1 Å². The lowest BCUT2D eigenvalue weighted by Crippen LogP contribution is -2.39. The van der Waals surface area contributed by atoms with Gasteiger partial charge in [-0.15, -0.1) is 0 Å². The van der Waals surface area contributed by atoms with Crippen LogP contribution in [0, 0.1) is 0 Å². The molecule has 0 amide bonds. The molecule has 0 spiro atoms. The molecular weight excluding hydrogens is 302 g/mol. The van der Waals surface area contributed by atoms with E-state index in [0.29, 0.717) is 5.56 Å². The molecule has 0 saturated heterocycles. The first-order valence-corrected chi connectivity index (χ1v) is 8.35. The molecule has 0 radical (unpaired) electrons. The Bertz CT molecular complexity index is 686. The second-order valence-corrected chi connectivity index (χ2v) is 6.37. The lowest BCUT2D eigenvalue weighted by Gasteiger charge is -2.31. The minimum atomic E-state index is -0.889. The molecule has 0 aromatic heterocycles. The first-order valence-electron chi connectivity index (χ1n) is 8.35. The third-order valence-corrected chi connectivity index (χ3v) is 4.93. The Balaban J connectivity index is 1.74. The van der Waals surface area contributed by atoms with Gasteiger partial charge in [-0.3, -0.25) is 0 Å².